The summed E-state index contributed by atoms with van der Waals surface area (Å²) in [6, 6.07) is 3.53. The minimum absolute atomic E-state index is 0.0557. The number of hydrogen-bond donors (Lipinski definition) is 2. The molecule has 1 saturated carbocycles. The maximum absolute atomic E-state index is 13.3. The molecule has 0 heterocycles. The summed E-state index contributed by atoms with van der Waals surface area (Å²) in [4.78, 5) is -0.0845. The second kappa shape index (κ2) is 4.76. The van der Waals surface area contributed by atoms with Gasteiger partial charge in [-0.1, -0.05) is 13.8 Å². The molecule has 2 rings (SSSR count). The van der Waals surface area contributed by atoms with Crippen LogP contribution in [0.4, 0.5) is 10.1 Å². The Labute approximate surface area is 113 Å². The normalized spacial score (nSPS) is 17.7. The van der Waals surface area contributed by atoms with Gasteiger partial charge in [0.05, 0.1) is 10.6 Å². The van der Waals surface area contributed by atoms with Crippen LogP contribution in [-0.2, 0) is 10.0 Å². The Morgan fingerprint density at radius 3 is 2.53 bits per heavy atom. The SMILES string of the molecule is CC(C)C1(CNS(=O)(=O)c2ccc(N)c(F)c2)CC1. The van der Waals surface area contributed by atoms with Crippen molar-refractivity contribution in [2.45, 2.75) is 31.6 Å². The third kappa shape index (κ3) is 2.90. The minimum Gasteiger partial charge on any atom is -0.396 e. The van der Waals surface area contributed by atoms with Crippen molar-refractivity contribution in [3.05, 3.63) is 24.0 Å². The van der Waals surface area contributed by atoms with Crippen molar-refractivity contribution in [1.29, 1.82) is 0 Å². The lowest BCUT2D eigenvalue weighted by Gasteiger charge is -2.20. The molecular weight excluding hydrogens is 267 g/mol. The van der Waals surface area contributed by atoms with Crippen LogP contribution >= 0.6 is 0 Å². The van der Waals surface area contributed by atoms with E-state index in [1.54, 1.807) is 0 Å². The number of sulfonamides is 1. The molecule has 4 nitrogen and oxygen atoms in total. The number of halogens is 1. The Balaban J connectivity index is 2.12. The molecular formula is C13H19FN2O2S. The predicted molar refractivity (Wildman–Crippen MR) is 72.5 cm³/mol. The Bertz CT molecular complexity index is 580. The van der Waals surface area contributed by atoms with E-state index in [0.717, 1.165) is 18.9 Å². The van der Waals surface area contributed by atoms with E-state index in [0.29, 0.717) is 12.5 Å². The van der Waals surface area contributed by atoms with Gasteiger partial charge in [0, 0.05) is 6.54 Å². The number of nitrogen functional groups attached to an aromatic ring is 1. The summed E-state index contributed by atoms with van der Waals surface area (Å²) < 4.78 is 40.0. The summed E-state index contributed by atoms with van der Waals surface area (Å²) in [5.41, 5.74) is 5.35. The first kappa shape index (κ1) is 14.3. The van der Waals surface area contributed by atoms with Crippen molar-refractivity contribution < 1.29 is 12.8 Å². The molecule has 19 heavy (non-hydrogen) atoms. The third-order valence-electron chi connectivity index (χ3n) is 4.01. The Morgan fingerprint density at radius 2 is 2.05 bits per heavy atom. The molecule has 1 aromatic carbocycles. The second-order valence-electron chi connectivity index (χ2n) is 5.52. The van der Waals surface area contributed by atoms with Gasteiger partial charge in [0.15, 0.2) is 0 Å². The average Bonchev–Trinajstić information content (AvgIpc) is 3.11. The van der Waals surface area contributed by atoms with Gasteiger partial charge in [0.1, 0.15) is 5.82 Å². The van der Waals surface area contributed by atoms with Crippen molar-refractivity contribution in [1.82, 2.24) is 4.72 Å². The maximum atomic E-state index is 13.3. The fourth-order valence-electron chi connectivity index (χ4n) is 2.12. The van der Waals surface area contributed by atoms with Crippen molar-refractivity contribution in [2.75, 3.05) is 12.3 Å². The molecule has 0 radical (unpaired) electrons. The first-order valence-corrected chi connectivity index (χ1v) is 7.80. The molecule has 0 saturated heterocycles. The highest BCUT2D eigenvalue weighted by Gasteiger charge is 2.45. The van der Waals surface area contributed by atoms with E-state index < -0.39 is 15.8 Å². The van der Waals surface area contributed by atoms with Crippen molar-refractivity contribution in [2.24, 2.45) is 11.3 Å². The van der Waals surface area contributed by atoms with E-state index in [4.69, 9.17) is 5.73 Å². The standard InChI is InChI=1S/C13H19FN2O2S/c1-9(2)13(5-6-13)8-16-19(17,18)10-3-4-12(15)11(14)7-10/h3-4,7,9,16H,5-6,8,15H2,1-2H3. The van der Waals surface area contributed by atoms with Gasteiger partial charge < -0.3 is 5.73 Å². The Hall–Kier alpha value is -1.14. The number of rotatable bonds is 5. The average molecular weight is 286 g/mol. The molecule has 0 bridgehead atoms. The van der Waals surface area contributed by atoms with Gasteiger partial charge in [-0.05, 0) is 42.4 Å². The van der Waals surface area contributed by atoms with Crippen LogP contribution < -0.4 is 10.5 Å². The van der Waals surface area contributed by atoms with Gasteiger partial charge >= 0.3 is 0 Å². The molecule has 0 amide bonds. The van der Waals surface area contributed by atoms with E-state index in [2.05, 4.69) is 18.6 Å². The zero-order chi connectivity index (χ0) is 14.3. The van der Waals surface area contributed by atoms with E-state index >= 15 is 0 Å². The molecule has 1 aromatic rings. The van der Waals surface area contributed by atoms with Gasteiger partial charge in [-0.15, -0.1) is 0 Å². The summed E-state index contributed by atoms with van der Waals surface area (Å²) in [6.45, 7) is 4.58. The molecule has 3 N–H and O–H groups in total. The third-order valence-corrected chi connectivity index (χ3v) is 5.41. The summed E-state index contributed by atoms with van der Waals surface area (Å²) in [7, 11) is -3.67. The number of benzene rings is 1. The Morgan fingerprint density at radius 1 is 1.42 bits per heavy atom. The van der Waals surface area contributed by atoms with E-state index in [9.17, 15) is 12.8 Å². The molecule has 1 aliphatic rings. The largest absolute Gasteiger partial charge is 0.396 e. The first-order valence-electron chi connectivity index (χ1n) is 6.31. The number of nitrogens with one attached hydrogen (secondary N) is 1. The quantitative estimate of drug-likeness (QED) is 0.814. The van der Waals surface area contributed by atoms with E-state index in [1.807, 2.05) is 0 Å². The number of nitrogens with two attached hydrogens (primary N) is 1. The van der Waals surface area contributed by atoms with Gasteiger partial charge in [-0.2, -0.15) is 0 Å². The highest BCUT2D eigenvalue weighted by molar-refractivity contribution is 7.89. The highest BCUT2D eigenvalue weighted by atomic mass is 32.2. The van der Waals surface area contributed by atoms with Gasteiger partial charge in [-0.3, -0.25) is 0 Å². The van der Waals surface area contributed by atoms with Crippen molar-refractivity contribution in [3.8, 4) is 0 Å². The van der Waals surface area contributed by atoms with Gasteiger partial charge in [-0.25, -0.2) is 17.5 Å². The highest BCUT2D eigenvalue weighted by Crippen LogP contribution is 2.51. The number of anilines is 1. The minimum atomic E-state index is -3.67. The smallest absolute Gasteiger partial charge is 0.240 e. The monoisotopic (exact) mass is 286 g/mol. The molecule has 106 valence electrons. The van der Waals surface area contributed by atoms with Crippen LogP contribution in [0.25, 0.3) is 0 Å². The number of hydrogen-bond acceptors (Lipinski definition) is 3. The summed E-state index contributed by atoms with van der Waals surface area (Å²) in [5.74, 6) is -0.286. The van der Waals surface area contributed by atoms with Crippen LogP contribution in [0.5, 0.6) is 0 Å². The lowest BCUT2D eigenvalue weighted by atomic mass is 9.93. The fraction of sp³-hybridized carbons (Fsp3) is 0.538. The van der Waals surface area contributed by atoms with Crippen LogP contribution in [0, 0.1) is 17.2 Å². The van der Waals surface area contributed by atoms with E-state index in [-0.39, 0.29) is 16.0 Å². The van der Waals surface area contributed by atoms with Crippen molar-refractivity contribution in [3.63, 3.8) is 0 Å². The first-order chi connectivity index (χ1) is 8.77. The van der Waals surface area contributed by atoms with Gasteiger partial charge in [0.2, 0.25) is 10.0 Å². The molecule has 0 unspecified atom stereocenters. The zero-order valence-corrected chi connectivity index (χ0v) is 11.9. The van der Waals surface area contributed by atoms with Crippen molar-refractivity contribution >= 4 is 15.7 Å². The van der Waals surface area contributed by atoms with Crippen LogP contribution in [0.15, 0.2) is 23.1 Å². The molecule has 0 spiro atoms. The summed E-state index contributed by atoms with van der Waals surface area (Å²) in [5, 5.41) is 0. The van der Waals surface area contributed by atoms with Crippen LogP contribution in [-0.4, -0.2) is 15.0 Å². The lowest BCUT2D eigenvalue weighted by molar-refractivity contribution is 0.357. The van der Waals surface area contributed by atoms with Gasteiger partial charge in [0.25, 0.3) is 0 Å². The van der Waals surface area contributed by atoms with Crippen LogP contribution in [0.2, 0.25) is 0 Å². The fourth-order valence-corrected chi connectivity index (χ4v) is 3.27. The molecule has 0 atom stereocenters. The van der Waals surface area contributed by atoms with Crippen LogP contribution in [0.1, 0.15) is 26.7 Å². The molecule has 1 fully saturated rings. The van der Waals surface area contributed by atoms with E-state index in [1.165, 1.54) is 12.1 Å². The Kier molecular flexibility index (Phi) is 3.57. The molecule has 0 aromatic heterocycles. The lowest BCUT2D eigenvalue weighted by Crippen LogP contribution is -2.32. The molecule has 6 heteroatoms. The molecule has 1 aliphatic carbocycles. The topological polar surface area (TPSA) is 72.2 Å². The van der Waals surface area contributed by atoms with Crippen LogP contribution in [0.3, 0.4) is 0 Å². The molecule has 0 aliphatic heterocycles. The summed E-state index contributed by atoms with van der Waals surface area (Å²) in [6.07, 6.45) is 2.06. The predicted octanol–water partition coefficient (Wildman–Crippen LogP) is 2.12. The second-order valence-corrected chi connectivity index (χ2v) is 7.29. The maximum Gasteiger partial charge on any atom is 0.240 e. The summed E-state index contributed by atoms with van der Waals surface area (Å²) >= 11 is 0. The zero-order valence-electron chi connectivity index (χ0n) is 11.1.